The Bertz CT molecular complexity index is 701. The molecule has 0 saturated carbocycles. The Morgan fingerprint density at radius 1 is 0.853 bits per heavy atom. The van der Waals surface area contributed by atoms with Crippen molar-refractivity contribution in [3.8, 4) is 0 Å². The van der Waals surface area contributed by atoms with Gasteiger partial charge in [-0.3, -0.25) is 19.2 Å². The molecule has 0 heterocycles. The number of carboxylic acids is 1. The van der Waals surface area contributed by atoms with Crippen LogP contribution in [0.4, 0.5) is 0 Å². The predicted molar refractivity (Wildman–Crippen MR) is 127 cm³/mol. The van der Waals surface area contributed by atoms with E-state index < -0.39 is 53.8 Å². The third-order valence-electron chi connectivity index (χ3n) is 5.68. The van der Waals surface area contributed by atoms with E-state index in [1.807, 2.05) is 13.8 Å². The zero-order valence-electron chi connectivity index (χ0n) is 20.6. The van der Waals surface area contributed by atoms with Crippen molar-refractivity contribution in [3.63, 3.8) is 0 Å². The Labute approximate surface area is 201 Å². The first kappa shape index (κ1) is 31.3. The van der Waals surface area contributed by atoms with Gasteiger partial charge in [0.15, 0.2) is 0 Å². The molecule has 0 aliphatic rings. The lowest BCUT2D eigenvalue weighted by Crippen LogP contribution is -2.59. The summed E-state index contributed by atoms with van der Waals surface area (Å²) in [5, 5.41) is 17.0. The molecule has 0 aromatic carbocycles. The lowest BCUT2D eigenvalue weighted by molar-refractivity contribution is -0.142. The molecule has 12 heteroatoms. The van der Waals surface area contributed by atoms with Gasteiger partial charge >= 0.3 is 5.97 Å². The first-order valence-corrected chi connectivity index (χ1v) is 11.7. The lowest BCUT2D eigenvalue weighted by atomic mass is 9.97. The largest absolute Gasteiger partial charge is 0.480 e. The number of aliphatic carboxylic acids is 1. The smallest absolute Gasteiger partial charge is 0.326 e. The molecular weight excluding hydrogens is 444 g/mol. The molecule has 0 aromatic heterocycles. The van der Waals surface area contributed by atoms with Crippen LogP contribution in [0.5, 0.6) is 0 Å². The van der Waals surface area contributed by atoms with Crippen LogP contribution in [0.2, 0.25) is 0 Å². The third kappa shape index (κ3) is 11.4. The van der Waals surface area contributed by atoms with E-state index in [0.29, 0.717) is 25.8 Å². The van der Waals surface area contributed by atoms with Gasteiger partial charge in [0.05, 0.1) is 6.04 Å². The summed E-state index contributed by atoms with van der Waals surface area (Å²) in [6, 6.07) is -4.21. The van der Waals surface area contributed by atoms with Gasteiger partial charge in [-0.05, 0) is 44.1 Å². The van der Waals surface area contributed by atoms with Crippen LogP contribution in [-0.2, 0) is 24.0 Å². The van der Waals surface area contributed by atoms with Crippen molar-refractivity contribution in [2.24, 2.45) is 29.0 Å². The number of primary amides is 1. The van der Waals surface area contributed by atoms with Gasteiger partial charge in [-0.1, -0.05) is 34.1 Å². The maximum absolute atomic E-state index is 13.0. The zero-order valence-corrected chi connectivity index (χ0v) is 20.6. The number of rotatable bonds is 17. The van der Waals surface area contributed by atoms with E-state index in [1.165, 1.54) is 0 Å². The van der Waals surface area contributed by atoms with E-state index >= 15 is 0 Å². The van der Waals surface area contributed by atoms with Crippen LogP contribution < -0.4 is 33.2 Å². The molecule has 0 bridgehead atoms. The summed E-state index contributed by atoms with van der Waals surface area (Å²) < 4.78 is 0. The summed E-state index contributed by atoms with van der Waals surface area (Å²) >= 11 is 0. The van der Waals surface area contributed by atoms with Crippen molar-refractivity contribution in [3.05, 3.63) is 0 Å². The Morgan fingerprint density at radius 2 is 1.44 bits per heavy atom. The second-order valence-corrected chi connectivity index (χ2v) is 8.89. The minimum Gasteiger partial charge on any atom is -0.480 e. The first-order valence-electron chi connectivity index (χ1n) is 11.7. The van der Waals surface area contributed by atoms with Gasteiger partial charge in [0.2, 0.25) is 23.6 Å². The summed E-state index contributed by atoms with van der Waals surface area (Å²) in [5.41, 5.74) is 16.6. The molecule has 5 unspecified atom stereocenters. The van der Waals surface area contributed by atoms with E-state index in [0.717, 1.165) is 0 Å². The van der Waals surface area contributed by atoms with Crippen molar-refractivity contribution in [1.29, 1.82) is 0 Å². The molecule has 4 amide bonds. The van der Waals surface area contributed by atoms with Crippen molar-refractivity contribution in [2.45, 2.75) is 90.4 Å². The fraction of sp³-hybridized carbons (Fsp3) is 0.773. The average molecular weight is 487 g/mol. The molecular formula is C22H42N6O6. The fourth-order valence-electron chi connectivity index (χ4n) is 3.14. The summed E-state index contributed by atoms with van der Waals surface area (Å²) in [5.74, 6) is -4.26. The van der Waals surface area contributed by atoms with E-state index in [4.69, 9.17) is 17.2 Å². The van der Waals surface area contributed by atoms with Gasteiger partial charge in [-0.15, -0.1) is 0 Å². The highest BCUT2D eigenvalue weighted by molar-refractivity contribution is 5.94. The lowest BCUT2D eigenvalue weighted by Gasteiger charge is -2.27. The van der Waals surface area contributed by atoms with Crippen LogP contribution in [0.1, 0.15) is 66.2 Å². The average Bonchev–Trinajstić information content (AvgIpc) is 2.77. The number of carboxylic acid groups (broad SMARTS) is 1. The maximum atomic E-state index is 13.0. The number of amides is 4. The number of carbonyl (C=O) groups excluding carboxylic acids is 4. The topological polar surface area (TPSA) is 220 Å². The van der Waals surface area contributed by atoms with Crippen LogP contribution in [0.3, 0.4) is 0 Å². The normalized spacial score (nSPS) is 15.5. The maximum Gasteiger partial charge on any atom is 0.326 e. The number of nitrogens with one attached hydrogen (secondary N) is 3. The molecule has 34 heavy (non-hydrogen) atoms. The molecule has 0 saturated heterocycles. The van der Waals surface area contributed by atoms with E-state index in [1.54, 1.807) is 13.8 Å². The second-order valence-electron chi connectivity index (χ2n) is 8.89. The van der Waals surface area contributed by atoms with Crippen LogP contribution >= 0.6 is 0 Å². The van der Waals surface area contributed by atoms with Gasteiger partial charge in [0, 0.05) is 6.42 Å². The summed E-state index contributed by atoms with van der Waals surface area (Å²) in [6.07, 6.45) is 1.58. The Kier molecular flexibility index (Phi) is 14.7. The molecule has 0 aliphatic carbocycles. The molecule has 0 spiro atoms. The van der Waals surface area contributed by atoms with Gasteiger partial charge in [0.1, 0.15) is 18.1 Å². The Hall–Kier alpha value is -2.73. The second kappa shape index (κ2) is 16.0. The van der Waals surface area contributed by atoms with Crippen molar-refractivity contribution < 1.29 is 29.1 Å². The standard InChI is InChI=1S/C22H42N6O6/c1-5-13(4)17(25)20(31)28-18(12(2)3)21(32)26-14(9-10-16(24)29)19(30)27-15(22(33)34)8-6-7-11-23/h12-15,17-18H,5-11,23,25H2,1-4H3,(H2,24,29)(H,26,32)(H,27,30)(H,28,31)(H,33,34). The first-order chi connectivity index (χ1) is 15.8. The number of nitrogens with two attached hydrogens (primary N) is 3. The molecule has 0 rings (SSSR count). The van der Waals surface area contributed by atoms with Crippen LogP contribution in [0, 0.1) is 11.8 Å². The van der Waals surface area contributed by atoms with E-state index in [-0.39, 0.29) is 31.1 Å². The molecule has 0 fully saturated rings. The molecule has 0 aliphatic heterocycles. The number of unbranched alkanes of at least 4 members (excludes halogenated alkanes) is 1. The predicted octanol–water partition coefficient (Wildman–Crippen LogP) is -1.05. The van der Waals surface area contributed by atoms with Crippen LogP contribution in [0.15, 0.2) is 0 Å². The molecule has 196 valence electrons. The van der Waals surface area contributed by atoms with Gasteiger partial charge in [-0.2, -0.15) is 0 Å². The number of hydrogen-bond donors (Lipinski definition) is 7. The molecule has 0 radical (unpaired) electrons. The molecule has 5 atom stereocenters. The highest BCUT2D eigenvalue weighted by Gasteiger charge is 2.32. The summed E-state index contributed by atoms with van der Waals surface area (Å²) in [7, 11) is 0. The molecule has 0 aromatic rings. The zero-order chi connectivity index (χ0) is 26.4. The highest BCUT2D eigenvalue weighted by atomic mass is 16.4. The Morgan fingerprint density at radius 3 is 1.91 bits per heavy atom. The van der Waals surface area contributed by atoms with Gasteiger partial charge in [0.25, 0.3) is 0 Å². The fourth-order valence-corrected chi connectivity index (χ4v) is 3.14. The minimum atomic E-state index is -1.23. The van der Waals surface area contributed by atoms with Gasteiger partial charge < -0.3 is 38.3 Å². The highest BCUT2D eigenvalue weighted by Crippen LogP contribution is 2.09. The molecule has 12 nitrogen and oxygen atoms in total. The van der Waals surface area contributed by atoms with Crippen LogP contribution in [0.25, 0.3) is 0 Å². The quantitative estimate of drug-likeness (QED) is 0.125. The minimum absolute atomic E-state index is 0.0998. The van der Waals surface area contributed by atoms with Gasteiger partial charge in [-0.25, -0.2) is 4.79 Å². The summed E-state index contributed by atoms with van der Waals surface area (Å²) in [6.45, 7) is 7.55. The van der Waals surface area contributed by atoms with Crippen LogP contribution in [-0.4, -0.2) is 65.4 Å². The monoisotopic (exact) mass is 486 g/mol. The van der Waals surface area contributed by atoms with E-state index in [2.05, 4.69) is 16.0 Å². The van der Waals surface area contributed by atoms with Crippen molar-refractivity contribution >= 4 is 29.6 Å². The number of carbonyl (C=O) groups is 5. The molecule has 10 N–H and O–H groups in total. The van der Waals surface area contributed by atoms with Crippen molar-refractivity contribution in [1.82, 2.24) is 16.0 Å². The summed E-state index contributed by atoms with van der Waals surface area (Å²) in [4.78, 5) is 61.1. The van der Waals surface area contributed by atoms with E-state index in [9.17, 15) is 29.1 Å². The Balaban J connectivity index is 5.49. The SMILES string of the molecule is CCC(C)C(N)C(=O)NC(C(=O)NC(CCC(N)=O)C(=O)NC(CCCCN)C(=O)O)C(C)C. The van der Waals surface area contributed by atoms with Crippen molar-refractivity contribution in [2.75, 3.05) is 6.54 Å². The number of hydrogen-bond acceptors (Lipinski definition) is 7. The third-order valence-corrected chi connectivity index (χ3v) is 5.68.